The van der Waals surface area contributed by atoms with Crippen LogP contribution in [-0.2, 0) is 4.74 Å². The van der Waals surface area contributed by atoms with E-state index in [0.717, 1.165) is 22.7 Å². The largest absolute Gasteiger partial charge is 0.385 e. The van der Waals surface area contributed by atoms with E-state index in [0.29, 0.717) is 18.7 Å². The third-order valence-electron chi connectivity index (χ3n) is 3.91. The van der Waals surface area contributed by atoms with Gasteiger partial charge in [-0.3, -0.25) is 4.79 Å². The fourth-order valence-electron chi connectivity index (χ4n) is 2.59. The van der Waals surface area contributed by atoms with Gasteiger partial charge >= 0.3 is 0 Å². The van der Waals surface area contributed by atoms with Crippen molar-refractivity contribution in [3.8, 4) is 16.3 Å². The first kappa shape index (κ1) is 17.4. The first-order chi connectivity index (χ1) is 12.2. The Bertz CT molecular complexity index is 813. The van der Waals surface area contributed by atoms with Gasteiger partial charge in [-0.25, -0.2) is 4.68 Å². The maximum atomic E-state index is 12.9. The van der Waals surface area contributed by atoms with Gasteiger partial charge in [0.2, 0.25) is 0 Å². The standard InChI is InChI=1S/C19H21N3O2S/c1-21(11-7-12-24-2)19(23)16-14-22(15-8-4-3-5-9-15)20-18(16)17-10-6-13-25-17/h3-6,8-10,13-14H,7,11-12H2,1-2H3. The highest BCUT2D eigenvalue weighted by atomic mass is 32.1. The number of carbonyl (C=O) groups excluding carboxylic acids is 1. The first-order valence-corrected chi connectivity index (χ1v) is 9.02. The van der Waals surface area contributed by atoms with Crippen LogP contribution in [-0.4, -0.2) is 47.9 Å². The van der Waals surface area contributed by atoms with Gasteiger partial charge in [0.1, 0.15) is 5.69 Å². The monoisotopic (exact) mass is 355 g/mol. The van der Waals surface area contributed by atoms with Crippen molar-refractivity contribution in [2.24, 2.45) is 0 Å². The molecule has 130 valence electrons. The van der Waals surface area contributed by atoms with Crippen LogP contribution in [0.4, 0.5) is 0 Å². The van der Waals surface area contributed by atoms with Crippen LogP contribution in [0.1, 0.15) is 16.8 Å². The second-order valence-corrected chi connectivity index (χ2v) is 6.67. The van der Waals surface area contributed by atoms with Crippen molar-refractivity contribution in [1.82, 2.24) is 14.7 Å². The molecule has 0 saturated heterocycles. The lowest BCUT2D eigenvalue weighted by Crippen LogP contribution is -2.28. The summed E-state index contributed by atoms with van der Waals surface area (Å²) >= 11 is 1.58. The van der Waals surface area contributed by atoms with Crippen LogP contribution in [0.25, 0.3) is 16.3 Å². The van der Waals surface area contributed by atoms with E-state index < -0.39 is 0 Å². The van der Waals surface area contributed by atoms with Crippen LogP contribution in [0.5, 0.6) is 0 Å². The molecule has 6 heteroatoms. The number of hydrogen-bond donors (Lipinski definition) is 0. The minimum absolute atomic E-state index is 0.0262. The molecule has 25 heavy (non-hydrogen) atoms. The number of nitrogens with zero attached hydrogens (tertiary/aromatic N) is 3. The minimum atomic E-state index is -0.0262. The molecular formula is C19H21N3O2S. The van der Waals surface area contributed by atoms with Crippen LogP contribution in [0, 0.1) is 0 Å². The van der Waals surface area contributed by atoms with E-state index in [1.54, 1.807) is 28.0 Å². The molecule has 0 atom stereocenters. The Morgan fingerprint density at radius 1 is 1.24 bits per heavy atom. The second kappa shape index (κ2) is 8.09. The average molecular weight is 355 g/mol. The molecular weight excluding hydrogens is 334 g/mol. The van der Waals surface area contributed by atoms with Gasteiger partial charge in [0.25, 0.3) is 5.91 Å². The summed E-state index contributed by atoms with van der Waals surface area (Å²) < 4.78 is 6.84. The van der Waals surface area contributed by atoms with Gasteiger partial charge in [0.05, 0.1) is 16.1 Å². The lowest BCUT2D eigenvalue weighted by Gasteiger charge is -2.16. The average Bonchev–Trinajstić information content (AvgIpc) is 3.31. The molecule has 1 amide bonds. The summed E-state index contributed by atoms with van der Waals surface area (Å²) in [4.78, 5) is 15.6. The molecule has 5 nitrogen and oxygen atoms in total. The molecule has 2 heterocycles. The molecule has 0 N–H and O–H groups in total. The smallest absolute Gasteiger partial charge is 0.257 e. The van der Waals surface area contributed by atoms with Gasteiger partial charge in [-0.15, -0.1) is 11.3 Å². The molecule has 0 fully saturated rings. The maximum Gasteiger partial charge on any atom is 0.257 e. The van der Waals surface area contributed by atoms with Crippen molar-refractivity contribution >= 4 is 17.2 Å². The van der Waals surface area contributed by atoms with Crippen molar-refractivity contribution in [1.29, 1.82) is 0 Å². The summed E-state index contributed by atoms with van der Waals surface area (Å²) in [6, 6.07) is 13.8. The fraction of sp³-hybridized carbons (Fsp3) is 0.263. The zero-order chi connectivity index (χ0) is 17.6. The number of thiophene rings is 1. The molecule has 2 aromatic heterocycles. The molecule has 0 aliphatic carbocycles. The summed E-state index contributed by atoms with van der Waals surface area (Å²) in [6.07, 6.45) is 2.62. The third-order valence-corrected chi connectivity index (χ3v) is 4.79. The highest BCUT2D eigenvalue weighted by Gasteiger charge is 2.21. The molecule has 0 bridgehead atoms. The lowest BCUT2D eigenvalue weighted by molar-refractivity contribution is 0.0780. The summed E-state index contributed by atoms with van der Waals surface area (Å²) in [5, 5.41) is 6.67. The third kappa shape index (κ3) is 3.97. The highest BCUT2D eigenvalue weighted by molar-refractivity contribution is 7.13. The predicted molar refractivity (Wildman–Crippen MR) is 100 cm³/mol. The number of hydrogen-bond acceptors (Lipinski definition) is 4. The molecule has 1 aromatic carbocycles. The molecule has 0 spiro atoms. The summed E-state index contributed by atoms with van der Waals surface area (Å²) in [6.45, 7) is 1.28. The van der Waals surface area contributed by atoms with Crippen LogP contribution in [0.2, 0.25) is 0 Å². The fourth-order valence-corrected chi connectivity index (χ4v) is 3.32. The Kier molecular flexibility index (Phi) is 5.63. The van der Waals surface area contributed by atoms with E-state index in [4.69, 9.17) is 4.74 Å². The van der Waals surface area contributed by atoms with Gasteiger partial charge in [0, 0.05) is 33.5 Å². The normalized spacial score (nSPS) is 10.8. The Morgan fingerprint density at radius 3 is 2.72 bits per heavy atom. The van der Waals surface area contributed by atoms with E-state index in [-0.39, 0.29) is 5.91 Å². The molecule has 0 aliphatic rings. The van der Waals surface area contributed by atoms with Gasteiger partial charge in [-0.1, -0.05) is 24.3 Å². The van der Waals surface area contributed by atoms with Crippen molar-refractivity contribution in [3.63, 3.8) is 0 Å². The molecule has 0 unspecified atom stereocenters. The number of para-hydroxylation sites is 1. The molecule has 0 saturated carbocycles. The zero-order valence-corrected chi connectivity index (χ0v) is 15.2. The Balaban J connectivity index is 1.94. The SMILES string of the molecule is COCCCN(C)C(=O)c1cn(-c2ccccc2)nc1-c1cccs1. The van der Waals surface area contributed by atoms with E-state index in [1.807, 2.05) is 61.1 Å². The van der Waals surface area contributed by atoms with Crippen molar-refractivity contribution in [2.45, 2.75) is 6.42 Å². The zero-order valence-electron chi connectivity index (χ0n) is 14.4. The summed E-state index contributed by atoms with van der Waals surface area (Å²) in [5.41, 5.74) is 2.27. The molecule has 3 aromatic rings. The summed E-state index contributed by atoms with van der Waals surface area (Å²) in [5.74, 6) is -0.0262. The predicted octanol–water partition coefficient (Wildman–Crippen LogP) is 3.71. The second-order valence-electron chi connectivity index (χ2n) is 5.72. The minimum Gasteiger partial charge on any atom is -0.385 e. The van der Waals surface area contributed by atoms with E-state index in [9.17, 15) is 4.79 Å². The van der Waals surface area contributed by atoms with Crippen LogP contribution in [0.3, 0.4) is 0 Å². The van der Waals surface area contributed by atoms with Crippen LogP contribution in [0.15, 0.2) is 54.0 Å². The number of methoxy groups -OCH3 is 1. The van der Waals surface area contributed by atoms with Crippen LogP contribution < -0.4 is 0 Å². The van der Waals surface area contributed by atoms with Gasteiger partial charge in [0.15, 0.2) is 0 Å². The highest BCUT2D eigenvalue weighted by Crippen LogP contribution is 2.28. The summed E-state index contributed by atoms with van der Waals surface area (Å²) in [7, 11) is 3.48. The van der Waals surface area contributed by atoms with Gasteiger partial charge in [-0.2, -0.15) is 5.10 Å². The van der Waals surface area contributed by atoms with Gasteiger partial charge in [-0.05, 0) is 30.0 Å². The Labute approximate surface area is 151 Å². The van der Waals surface area contributed by atoms with E-state index in [2.05, 4.69) is 5.10 Å². The molecule has 3 rings (SSSR count). The van der Waals surface area contributed by atoms with Crippen LogP contribution >= 0.6 is 11.3 Å². The number of aromatic nitrogens is 2. The quantitative estimate of drug-likeness (QED) is 0.607. The number of ether oxygens (including phenoxy) is 1. The number of benzene rings is 1. The molecule has 0 aliphatic heterocycles. The van der Waals surface area contributed by atoms with Gasteiger partial charge < -0.3 is 9.64 Å². The maximum absolute atomic E-state index is 12.9. The number of amides is 1. The van der Waals surface area contributed by atoms with E-state index in [1.165, 1.54) is 0 Å². The van der Waals surface area contributed by atoms with Crippen molar-refractivity contribution in [3.05, 3.63) is 59.6 Å². The van der Waals surface area contributed by atoms with Crippen molar-refractivity contribution in [2.75, 3.05) is 27.3 Å². The van der Waals surface area contributed by atoms with Crippen molar-refractivity contribution < 1.29 is 9.53 Å². The number of rotatable bonds is 7. The lowest BCUT2D eigenvalue weighted by atomic mass is 10.2. The Morgan fingerprint density at radius 2 is 2.04 bits per heavy atom. The van der Waals surface area contributed by atoms with E-state index >= 15 is 0 Å². The number of carbonyl (C=O) groups is 1. The first-order valence-electron chi connectivity index (χ1n) is 8.14. The topological polar surface area (TPSA) is 47.4 Å². The Hall–Kier alpha value is -2.44. The molecule has 0 radical (unpaired) electrons.